The third-order valence-corrected chi connectivity index (χ3v) is 4.55. The van der Waals surface area contributed by atoms with Gasteiger partial charge < -0.3 is 20.1 Å². The van der Waals surface area contributed by atoms with Crippen molar-refractivity contribution < 1.29 is 28.2 Å². The largest absolute Gasteiger partial charge is 0.513 e. The van der Waals surface area contributed by atoms with Crippen LogP contribution in [-0.2, 0) is 16.1 Å². The number of halogens is 1. The molecule has 2 amide bonds. The maximum Gasteiger partial charge on any atom is 0.513 e. The van der Waals surface area contributed by atoms with Crippen molar-refractivity contribution in [3.8, 4) is 5.75 Å². The van der Waals surface area contributed by atoms with Crippen LogP contribution in [0.5, 0.6) is 5.75 Å². The van der Waals surface area contributed by atoms with Gasteiger partial charge in [0.15, 0.2) is 0 Å². The van der Waals surface area contributed by atoms with E-state index in [0.29, 0.717) is 23.4 Å². The van der Waals surface area contributed by atoms with Crippen LogP contribution >= 0.6 is 0 Å². The number of carbonyl (C=O) groups is 3. The van der Waals surface area contributed by atoms with E-state index in [1.54, 1.807) is 61.5 Å². The summed E-state index contributed by atoms with van der Waals surface area (Å²) in [5.74, 6) is -0.664. The van der Waals surface area contributed by atoms with E-state index < -0.39 is 6.16 Å². The highest BCUT2D eigenvalue weighted by atomic mass is 19.1. The Balaban J connectivity index is 1.46. The van der Waals surface area contributed by atoms with E-state index in [-0.39, 0.29) is 30.0 Å². The molecule has 0 saturated carbocycles. The molecule has 0 bridgehead atoms. The van der Waals surface area contributed by atoms with Crippen molar-refractivity contribution in [1.29, 1.82) is 0 Å². The van der Waals surface area contributed by atoms with E-state index in [1.807, 2.05) is 0 Å². The first-order valence-electron chi connectivity index (χ1n) is 10.5. The molecule has 0 atom stereocenters. The van der Waals surface area contributed by atoms with Gasteiger partial charge in [0.2, 0.25) is 5.91 Å². The van der Waals surface area contributed by atoms with Crippen LogP contribution in [0, 0.1) is 5.82 Å². The Labute approximate surface area is 196 Å². The van der Waals surface area contributed by atoms with Gasteiger partial charge in [-0.25, -0.2) is 9.18 Å². The molecular weight excluding hydrogens is 439 g/mol. The Kier molecular flexibility index (Phi) is 8.51. The van der Waals surface area contributed by atoms with Gasteiger partial charge in [-0.2, -0.15) is 0 Å². The molecule has 3 aromatic rings. The first-order chi connectivity index (χ1) is 16.4. The molecule has 0 spiro atoms. The number of carbonyl (C=O) groups excluding carboxylic acids is 3. The summed E-state index contributed by atoms with van der Waals surface area (Å²) in [4.78, 5) is 35.7. The van der Waals surface area contributed by atoms with E-state index >= 15 is 0 Å². The molecule has 0 heterocycles. The monoisotopic (exact) mass is 462 g/mol. The Bertz CT molecular complexity index is 1160. The molecule has 0 aliphatic rings. The normalized spacial score (nSPS) is 10.5. The summed E-state index contributed by atoms with van der Waals surface area (Å²) in [7, 11) is 0. The standard InChI is InChI=1S/C26H23FN2O5/c1-2-33-26(32)34-23-14-8-20(9-15-23)25(31)28-17-19-5-12-22(13-6-19)29-24(30)16-7-18-3-10-21(27)11-4-18/h3-16H,2,17H2,1H3,(H,28,31)(H,29,30)/b16-7+. The molecule has 7 nitrogen and oxygen atoms in total. The van der Waals surface area contributed by atoms with Gasteiger partial charge in [0, 0.05) is 23.9 Å². The lowest BCUT2D eigenvalue weighted by Crippen LogP contribution is -2.22. The Hall–Kier alpha value is -4.46. The molecule has 0 radical (unpaired) electrons. The van der Waals surface area contributed by atoms with Gasteiger partial charge in [-0.1, -0.05) is 24.3 Å². The van der Waals surface area contributed by atoms with Crippen LogP contribution in [0.2, 0.25) is 0 Å². The van der Waals surface area contributed by atoms with Crippen molar-refractivity contribution in [2.45, 2.75) is 13.5 Å². The molecule has 174 valence electrons. The van der Waals surface area contributed by atoms with Crippen molar-refractivity contribution in [3.63, 3.8) is 0 Å². The second-order valence-electron chi connectivity index (χ2n) is 7.06. The van der Waals surface area contributed by atoms with Gasteiger partial charge in [0.1, 0.15) is 11.6 Å². The van der Waals surface area contributed by atoms with E-state index in [9.17, 15) is 18.8 Å². The van der Waals surface area contributed by atoms with Gasteiger partial charge >= 0.3 is 6.16 Å². The topological polar surface area (TPSA) is 93.7 Å². The molecule has 3 rings (SSSR count). The molecule has 0 unspecified atom stereocenters. The van der Waals surface area contributed by atoms with Crippen LogP contribution in [0.4, 0.5) is 14.9 Å². The molecule has 34 heavy (non-hydrogen) atoms. The highest BCUT2D eigenvalue weighted by Crippen LogP contribution is 2.14. The highest BCUT2D eigenvalue weighted by Gasteiger charge is 2.08. The zero-order chi connectivity index (χ0) is 24.3. The molecule has 0 fully saturated rings. The molecule has 0 aliphatic carbocycles. The highest BCUT2D eigenvalue weighted by molar-refractivity contribution is 6.01. The molecule has 8 heteroatoms. The SMILES string of the molecule is CCOC(=O)Oc1ccc(C(=O)NCc2ccc(NC(=O)/C=C/c3ccc(F)cc3)cc2)cc1. The number of benzene rings is 3. The first-order valence-corrected chi connectivity index (χ1v) is 10.5. The molecule has 3 aromatic carbocycles. The van der Waals surface area contributed by atoms with Crippen LogP contribution in [0.1, 0.15) is 28.4 Å². The fraction of sp³-hybridized carbons (Fsp3) is 0.115. The maximum absolute atomic E-state index is 12.9. The minimum Gasteiger partial charge on any atom is -0.434 e. The number of amides is 2. The zero-order valence-electron chi connectivity index (χ0n) is 18.4. The van der Waals surface area contributed by atoms with E-state index in [1.165, 1.54) is 30.3 Å². The summed E-state index contributed by atoms with van der Waals surface area (Å²) in [5.41, 5.74) is 2.56. The fourth-order valence-electron chi connectivity index (χ4n) is 2.84. The maximum atomic E-state index is 12.9. The first kappa shape index (κ1) is 24.2. The average molecular weight is 462 g/mol. The number of anilines is 1. The Morgan fingerprint density at radius 1 is 0.912 bits per heavy atom. The Morgan fingerprint density at radius 2 is 1.59 bits per heavy atom. The van der Waals surface area contributed by atoms with Crippen LogP contribution in [-0.4, -0.2) is 24.6 Å². The summed E-state index contributed by atoms with van der Waals surface area (Å²) >= 11 is 0. The van der Waals surface area contributed by atoms with E-state index in [0.717, 1.165) is 5.56 Å². The van der Waals surface area contributed by atoms with E-state index in [2.05, 4.69) is 10.6 Å². The predicted octanol–water partition coefficient (Wildman–Crippen LogP) is 4.94. The van der Waals surface area contributed by atoms with E-state index in [4.69, 9.17) is 9.47 Å². The lowest BCUT2D eigenvalue weighted by atomic mass is 10.1. The van der Waals surface area contributed by atoms with Gasteiger partial charge in [0.05, 0.1) is 6.61 Å². The quantitative estimate of drug-likeness (QED) is 0.281. The van der Waals surface area contributed by atoms with Crippen molar-refractivity contribution in [3.05, 3.63) is 101 Å². The number of nitrogens with one attached hydrogen (secondary N) is 2. The lowest BCUT2D eigenvalue weighted by Gasteiger charge is -2.08. The summed E-state index contributed by atoms with van der Waals surface area (Å²) < 4.78 is 22.6. The second kappa shape index (κ2) is 12.0. The van der Waals surface area contributed by atoms with Crippen LogP contribution in [0.25, 0.3) is 6.08 Å². The van der Waals surface area contributed by atoms with Crippen molar-refractivity contribution in [2.75, 3.05) is 11.9 Å². The zero-order valence-corrected chi connectivity index (χ0v) is 18.4. The number of ether oxygens (including phenoxy) is 2. The third-order valence-electron chi connectivity index (χ3n) is 4.55. The smallest absolute Gasteiger partial charge is 0.434 e. The summed E-state index contributed by atoms with van der Waals surface area (Å²) in [6, 6.07) is 18.9. The van der Waals surface area contributed by atoms with Crippen LogP contribution in [0.3, 0.4) is 0 Å². The van der Waals surface area contributed by atoms with Crippen molar-refractivity contribution in [1.82, 2.24) is 5.32 Å². The summed E-state index contributed by atoms with van der Waals surface area (Å²) in [5, 5.41) is 5.54. The fourth-order valence-corrected chi connectivity index (χ4v) is 2.84. The van der Waals surface area contributed by atoms with Crippen LogP contribution < -0.4 is 15.4 Å². The minimum atomic E-state index is -0.803. The van der Waals surface area contributed by atoms with Crippen molar-refractivity contribution in [2.24, 2.45) is 0 Å². The number of hydrogen-bond acceptors (Lipinski definition) is 5. The predicted molar refractivity (Wildman–Crippen MR) is 126 cm³/mol. The summed E-state index contributed by atoms with van der Waals surface area (Å²) in [6.45, 7) is 2.17. The van der Waals surface area contributed by atoms with Gasteiger partial charge in [-0.05, 0) is 72.7 Å². The molecule has 0 saturated heterocycles. The van der Waals surface area contributed by atoms with Gasteiger partial charge in [-0.15, -0.1) is 0 Å². The summed E-state index contributed by atoms with van der Waals surface area (Å²) in [6.07, 6.45) is 2.15. The molecular formula is C26H23FN2O5. The molecule has 2 N–H and O–H groups in total. The molecule has 0 aromatic heterocycles. The van der Waals surface area contributed by atoms with Gasteiger partial charge in [0.25, 0.3) is 5.91 Å². The average Bonchev–Trinajstić information content (AvgIpc) is 2.83. The number of hydrogen-bond donors (Lipinski definition) is 2. The van der Waals surface area contributed by atoms with Crippen molar-refractivity contribution >= 4 is 29.7 Å². The Morgan fingerprint density at radius 3 is 2.24 bits per heavy atom. The minimum absolute atomic E-state index is 0.210. The van der Waals surface area contributed by atoms with Gasteiger partial charge in [-0.3, -0.25) is 9.59 Å². The number of rotatable bonds is 8. The lowest BCUT2D eigenvalue weighted by molar-refractivity contribution is -0.111. The third kappa shape index (κ3) is 7.59. The molecule has 0 aliphatic heterocycles. The second-order valence-corrected chi connectivity index (χ2v) is 7.06. The van der Waals surface area contributed by atoms with Crippen LogP contribution in [0.15, 0.2) is 78.9 Å².